The lowest BCUT2D eigenvalue weighted by molar-refractivity contribution is 0.385. The molecule has 5 heteroatoms. The first-order valence-electron chi connectivity index (χ1n) is 6.59. The first kappa shape index (κ1) is 14.4. The van der Waals surface area contributed by atoms with Crippen molar-refractivity contribution in [2.75, 3.05) is 13.7 Å². The number of aromatic nitrogens is 2. The predicted octanol–water partition coefficient (Wildman–Crippen LogP) is 2.71. The van der Waals surface area contributed by atoms with Crippen molar-refractivity contribution in [1.29, 1.82) is 0 Å². The van der Waals surface area contributed by atoms with E-state index in [4.69, 9.17) is 4.74 Å². The number of ether oxygens (including phenoxy) is 1. The minimum Gasteiger partial charge on any atom is -0.494 e. The molecule has 0 fully saturated rings. The van der Waals surface area contributed by atoms with E-state index in [1.54, 1.807) is 18.5 Å². The van der Waals surface area contributed by atoms with E-state index in [2.05, 4.69) is 22.4 Å². The largest absolute Gasteiger partial charge is 0.494 e. The smallest absolute Gasteiger partial charge is 0.165 e. The van der Waals surface area contributed by atoms with Gasteiger partial charge in [0.05, 0.1) is 19.3 Å². The first-order valence-corrected chi connectivity index (χ1v) is 6.59. The Kier molecular flexibility index (Phi) is 5.01. The van der Waals surface area contributed by atoms with E-state index in [0.717, 1.165) is 24.1 Å². The fourth-order valence-electron chi connectivity index (χ4n) is 2.05. The fourth-order valence-corrected chi connectivity index (χ4v) is 2.05. The van der Waals surface area contributed by atoms with Gasteiger partial charge in [-0.3, -0.25) is 0 Å². The minimum absolute atomic E-state index is 0.106. The van der Waals surface area contributed by atoms with E-state index in [9.17, 15) is 4.39 Å². The lowest BCUT2D eigenvalue weighted by Gasteiger charge is -2.19. The Morgan fingerprint density at radius 1 is 1.25 bits per heavy atom. The van der Waals surface area contributed by atoms with Crippen LogP contribution in [0.3, 0.4) is 0 Å². The topological polar surface area (TPSA) is 47.0 Å². The van der Waals surface area contributed by atoms with Gasteiger partial charge in [-0.25, -0.2) is 4.39 Å². The quantitative estimate of drug-likeness (QED) is 0.880. The molecule has 2 aromatic rings. The third-order valence-corrected chi connectivity index (χ3v) is 3.05. The van der Waals surface area contributed by atoms with Gasteiger partial charge in [-0.05, 0) is 42.3 Å². The van der Waals surface area contributed by atoms with E-state index >= 15 is 0 Å². The van der Waals surface area contributed by atoms with E-state index in [0.29, 0.717) is 0 Å². The molecule has 0 saturated heterocycles. The second-order valence-electron chi connectivity index (χ2n) is 4.46. The normalized spacial score (nSPS) is 12.2. The lowest BCUT2D eigenvalue weighted by atomic mass is 10.00. The molecule has 0 bridgehead atoms. The highest BCUT2D eigenvalue weighted by atomic mass is 19.1. The highest BCUT2D eigenvalue weighted by Gasteiger charge is 2.15. The van der Waals surface area contributed by atoms with E-state index in [1.165, 1.54) is 13.2 Å². The van der Waals surface area contributed by atoms with E-state index in [1.807, 2.05) is 12.1 Å². The van der Waals surface area contributed by atoms with Crippen LogP contribution in [0.2, 0.25) is 0 Å². The monoisotopic (exact) mass is 275 g/mol. The Balaban J connectivity index is 2.33. The van der Waals surface area contributed by atoms with Crippen LogP contribution >= 0.6 is 0 Å². The molecule has 0 amide bonds. The third kappa shape index (κ3) is 3.30. The molecule has 4 nitrogen and oxygen atoms in total. The van der Waals surface area contributed by atoms with Gasteiger partial charge in [-0.1, -0.05) is 13.0 Å². The summed E-state index contributed by atoms with van der Waals surface area (Å²) in [7, 11) is 1.46. The summed E-state index contributed by atoms with van der Waals surface area (Å²) in [5.41, 5.74) is 1.79. The van der Waals surface area contributed by atoms with Crippen LogP contribution in [-0.4, -0.2) is 23.9 Å². The van der Waals surface area contributed by atoms with Crippen LogP contribution in [0.5, 0.6) is 5.75 Å². The lowest BCUT2D eigenvalue weighted by Crippen LogP contribution is -2.23. The van der Waals surface area contributed by atoms with Crippen molar-refractivity contribution in [3.05, 3.63) is 53.6 Å². The summed E-state index contributed by atoms with van der Waals surface area (Å²) in [5.74, 6) is -0.119. The summed E-state index contributed by atoms with van der Waals surface area (Å²) < 4.78 is 18.8. The molecule has 0 saturated carbocycles. The van der Waals surface area contributed by atoms with Crippen LogP contribution in [-0.2, 0) is 0 Å². The molecular weight excluding hydrogens is 257 g/mol. The summed E-state index contributed by atoms with van der Waals surface area (Å²) in [6.45, 7) is 2.92. The average molecular weight is 275 g/mol. The molecule has 1 aromatic carbocycles. The van der Waals surface area contributed by atoms with Gasteiger partial charge < -0.3 is 10.1 Å². The van der Waals surface area contributed by atoms with Crippen molar-refractivity contribution in [2.24, 2.45) is 0 Å². The summed E-state index contributed by atoms with van der Waals surface area (Å²) in [6, 6.07) is 6.76. The zero-order valence-corrected chi connectivity index (χ0v) is 11.6. The maximum Gasteiger partial charge on any atom is 0.165 e. The second kappa shape index (κ2) is 6.96. The number of benzene rings is 1. The summed E-state index contributed by atoms with van der Waals surface area (Å²) >= 11 is 0. The Bertz CT molecular complexity index is 548. The standard InChI is InChI=1S/C15H18FN3O/c1-3-7-17-15(12-6-8-18-19-10-12)11-4-5-14(20-2)13(16)9-11/h4-6,8-10,15,17H,3,7H2,1-2H3. The average Bonchev–Trinajstić information content (AvgIpc) is 2.49. The van der Waals surface area contributed by atoms with Gasteiger partial charge in [0.25, 0.3) is 0 Å². The molecule has 0 aliphatic heterocycles. The predicted molar refractivity (Wildman–Crippen MR) is 75.1 cm³/mol. The maximum absolute atomic E-state index is 13.9. The number of nitrogens with one attached hydrogen (secondary N) is 1. The first-order chi connectivity index (χ1) is 9.76. The number of halogens is 1. The molecule has 0 aliphatic rings. The van der Waals surface area contributed by atoms with Crippen LogP contribution in [0, 0.1) is 5.82 Å². The van der Waals surface area contributed by atoms with Crippen LogP contribution in [0.1, 0.15) is 30.5 Å². The number of rotatable bonds is 6. The van der Waals surface area contributed by atoms with Crippen molar-refractivity contribution in [3.63, 3.8) is 0 Å². The Labute approximate surface area is 118 Å². The molecule has 1 aromatic heterocycles. The van der Waals surface area contributed by atoms with Crippen molar-refractivity contribution in [2.45, 2.75) is 19.4 Å². The molecule has 1 atom stereocenters. The SMILES string of the molecule is CCCNC(c1ccnnc1)c1ccc(OC)c(F)c1. The Morgan fingerprint density at radius 3 is 2.70 bits per heavy atom. The van der Waals surface area contributed by atoms with Crippen molar-refractivity contribution in [1.82, 2.24) is 15.5 Å². The van der Waals surface area contributed by atoms with Crippen LogP contribution < -0.4 is 10.1 Å². The number of methoxy groups -OCH3 is 1. The van der Waals surface area contributed by atoms with Gasteiger partial charge in [-0.15, -0.1) is 0 Å². The van der Waals surface area contributed by atoms with E-state index < -0.39 is 0 Å². The van der Waals surface area contributed by atoms with Gasteiger partial charge >= 0.3 is 0 Å². The number of hydrogen-bond donors (Lipinski definition) is 1. The molecule has 106 valence electrons. The highest BCUT2D eigenvalue weighted by molar-refractivity contribution is 5.35. The zero-order valence-electron chi connectivity index (χ0n) is 11.6. The Hall–Kier alpha value is -2.01. The second-order valence-corrected chi connectivity index (χ2v) is 4.46. The van der Waals surface area contributed by atoms with Crippen LogP contribution in [0.25, 0.3) is 0 Å². The molecular formula is C15H18FN3O. The molecule has 1 unspecified atom stereocenters. The van der Waals surface area contributed by atoms with Gasteiger partial charge in [-0.2, -0.15) is 10.2 Å². The summed E-state index contributed by atoms with van der Waals surface area (Å²) in [5, 5.41) is 11.1. The highest BCUT2D eigenvalue weighted by Crippen LogP contribution is 2.25. The molecule has 1 N–H and O–H groups in total. The van der Waals surface area contributed by atoms with Gasteiger partial charge in [0.15, 0.2) is 11.6 Å². The molecule has 0 aliphatic carbocycles. The van der Waals surface area contributed by atoms with Gasteiger partial charge in [0.1, 0.15) is 0 Å². The van der Waals surface area contributed by atoms with Crippen LogP contribution in [0.15, 0.2) is 36.7 Å². The molecule has 20 heavy (non-hydrogen) atoms. The number of hydrogen-bond acceptors (Lipinski definition) is 4. The Morgan fingerprint density at radius 2 is 2.10 bits per heavy atom. The fraction of sp³-hybridized carbons (Fsp3) is 0.333. The van der Waals surface area contributed by atoms with Crippen molar-refractivity contribution < 1.29 is 9.13 Å². The third-order valence-electron chi connectivity index (χ3n) is 3.05. The maximum atomic E-state index is 13.9. The van der Waals surface area contributed by atoms with Crippen molar-refractivity contribution >= 4 is 0 Å². The molecule has 1 heterocycles. The minimum atomic E-state index is -0.365. The zero-order chi connectivity index (χ0) is 14.4. The molecule has 2 rings (SSSR count). The number of nitrogens with zero attached hydrogens (tertiary/aromatic N) is 2. The summed E-state index contributed by atoms with van der Waals surface area (Å²) in [6.07, 6.45) is 4.32. The molecule has 0 radical (unpaired) electrons. The van der Waals surface area contributed by atoms with Gasteiger partial charge in [0.2, 0.25) is 0 Å². The van der Waals surface area contributed by atoms with E-state index in [-0.39, 0.29) is 17.6 Å². The molecule has 0 spiro atoms. The van der Waals surface area contributed by atoms with Crippen molar-refractivity contribution in [3.8, 4) is 5.75 Å². The van der Waals surface area contributed by atoms with Crippen LogP contribution in [0.4, 0.5) is 4.39 Å². The summed E-state index contributed by atoms with van der Waals surface area (Å²) in [4.78, 5) is 0. The van der Waals surface area contributed by atoms with Gasteiger partial charge in [0, 0.05) is 6.20 Å².